The lowest BCUT2D eigenvalue weighted by atomic mass is 10.2. The van der Waals surface area contributed by atoms with Crippen LogP contribution in [0, 0.1) is 10.9 Å². The Hall–Kier alpha value is -2.03. The fourth-order valence-corrected chi connectivity index (χ4v) is 3.45. The van der Waals surface area contributed by atoms with Gasteiger partial charge >= 0.3 is 0 Å². The SMILES string of the molecule is Cc1cccc(Nc2nn(CN(C)Cc3cnn(C)c3)c(=S)s2)c1. The van der Waals surface area contributed by atoms with Crippen LogP contribution in [-0.2, 0) is 20.3 Å². The van der Waals surface area contributed by atoms with Gasteiger partial charge in [0, 0.05) is 31.0 Å². The Kier molecular flexibility index (Phi) is 5.08. The smallest absolute Gasteiger partial charge is 0.209 e. The molecule has 0 aliphatic heterocycles. The monoisotopic (exact) mass is 360 g/mol. The third kappa shape index (κ3) is 4.28. The molecule has 1 N–H and O–H groups in total. The minimum atomic E-state index is 0.639. The normalized spacial score (nSPS) is 11.2. The number of rotatable bonds is 6. The standard InChI is InChI=1S/C16H20N6S2/c1-12-5-4-6-14(7-12)18-15-19-22(16(23)24-15)11-20(2)9-13-8-17-21(3)10-13/h4-8,10H,9,11H2,1-3H3,(H,18,19). The van der Waals surface area contributed by atoms with Gasteiger partial charge in [0.2, 0.25) is 5.13 Å². The topological polar surface area (TPSA) is 50.9 Å². The molecule has 0 fully saturated rings. The first-order chi connectivity index (χ1) is 11.5. The highest BCUT2D eigenvalue weighted by Gasteiger charge is 2.08. The Morgan fingerprint density at radius 3 is 2.92 bits per heavy atom. The molecule has 8 heteroatoms. The van der Waals surface area contributed by atoms with E-state index in [1.807, 2.05) is 48.0 Å². The zero-order valence-corrected chi connectivity index (χ0v) is 15.6. The second kappa shape index (κ2) is 7.25. The summed E-state index contributed by atoms with van der Waals surface area (Å²) in [6.45, 7) is 3.51. The van der Waals surface area contributed by atoms with E-state index in [4.69, 9.17) is 12.2 Å². The van der Waals surface area contributed by atoms with E-state index in [-0.39, 0.29) is 0 Å². The zero-order valence-electron chi connectivity index (χ0n) is 13.9. The molecule has 126 valence electrons. The van der Waals surface area contributed by atoms with Gasteiger partial charge in [-0.05, 0) is 43.9 Å². The van der Waals surface area contributed by atoms with Crippen molar-refractivity contribution in [1.82, 2.24) is 24.5 Å². The minimum Gasteiger partial charge on any atom is -0.330 e. The minimum absolute atomic E-state index is 0.639. The highest BCUT2D eigenvalue weighted by molar-refractivity contribution is 7.73. The van der Waals surface area contributed by atoms with Gasteiger partial charge in [0.05, 0.1) is 12.9 Å². The Bertz CT molecular complexity index is 879. The molecule has 1 aromatic carbocycles. The summed E-state index contributed by atoms with van der Waals surface area (Å²) >= 11 is 6.92. The van der Waals surface area contributed by atoms with Gasteiger partial charge in [-0.1, -0.05) is 23.5 Å². The highest BCUT2D eigenvalue weighted by Crippen LogP contribution is 2.21. The molecule has 2 aromatic heterocycles. The molecule has 2 heterocycles. The number of anilines is 2. The lowest BCUT2D eigenvalue weighted by Gasteiger charge is -2.15. The second-order valence-electron chi connectivity index (χ2n) is 5.84. The Labute approximate surface area is 150 Å². The van der Waals surface area contributed by atoms with Crippen molar-refractivity contribution in [1.29, 1.82) is 0 Å². The molecule has 0 unspecified atom stereocenters. The first-order valence-electron chi connectivity index (χ1n) is 7.57. The summed E-state index contributed by atoms with van der Waals surface area (Å²) in [5.74, 6) is 0. The summed E-state index contributed by atoms with van der Waals surface area (Å²) < 4.78 is 4.40. The molecule has 0 aliphatic carbocycles. The predicted molar refractivity (Wildman–Crippen MR) is 100 cm³/mol. The largest absolute Gasteiger partial charge is 0.330 e. The van der Waals surface area contributed by atoms with Crippen molar-refractivity contribution in [2.45, 2.75) is 20.1 Å². The van der Waals surface area contributed by atoms with Crippen molar-refractivity contribution in [3.05, 3.63) is 51.7 Å². The molecule has 0 saturated heterocycles. The average Bonchev–Trinajstić information content (AvgIpc) is 3.05. The molecular weight excluding hydrogens is 340 g/mol. The molecule has 24 heavy (non-hydrogen) atoms. The maximum atomic E-state index is 5.44. The lowest BCUT2D eigenvalue weighted by molar-refractivity contribution is 0.245. The fourth-order valence-electron chi connectivity index (χ4n) is 2.44. The van der Waals surface area contributed by atoms with E-state index in [1.54, 1.807) is 0 Å². The molecule has 0 radical (unpaired) electrons. The van der Waals surface area contributed by atoms with Gasteiger partial charge in [0.25, 0.3) is 0 Å². The summed E-state index contributed by atoms with van der Waals surface area (Å²) in [6, 6.07) is 8.20. The first kappa shape index (κ1) is 16.8. The Morgan fingerprint density at radius 2 is 2.21 bits per heavy atom. The van der Waals surface area contributed by atoms with Crippen molar-refractivity contribution >= 4 is 34.4 Å². The number of aryl methyl sites for hydroxylation is 2. The van der Waals surface area contributed by atoms with Gasteiger partial charge in [-0.2, -0.15) is 5.10 Å². The first-order valence-corrected chi connectivity index (χ1v) is 8.80. The van der Waals surface area contributed by atoms with Gasteiger partial charge < -0.3 is 5.32 Å². The molecule has 3 aromatic rings. The summed E-state index contributed by atoms with van der Waals surface area (Å²) in [4.78, 5) is 2.16. The van der Waals surface area contributed by atoms with Crippen molar-refractivity contribution < 1.29 is 0 Å². The van der Waals surface area contributed by atoms with Crippen LogP contribution in [0.5, 0.6) is 0 Å². The summed E-state index contributed by atoms with van der Waals surface area (Å²) in [5, 5.41) is 12.9. The third-order valence-electron chi connectivity index (χ3n) is 3.46. The van der Waals surface area contributed by atoms with Gasteiger partial charge in [-0.15, -0.1) is 5.10 Å². The van der Waals surface area contributed by atoms with E-state index < -0.39 is 0 Å². The summed E-state index contributed by atoms with van der Waals surface area (Å²) in [5.41, 5.74) is 3.40. The highest BCUT2D eigenvalue weighted by atomic mass is 32.1. The van der Waals surface area contributed by atoms with Crippen LogP contribution < -0.4 is 5.32 Å². The van der Waals surface area contributed by atoms with Crippen molar-refractivity contribution in [3.63, 3.8) is 0 Å². The number of hydrogen-bond donors (Lipinski definition) is 1. The summed E-state index contributed by atoms with van der Waals surface area (Å²) in [6.07, 6.45) is 3.89. The molecule has 6 nitrogen and oxygen atoms in total. The number of aromatic nitrogens is 4. The molecule has 0 aliphatic rings. The van der Waals surface area contributed by atoms with Crippen LogP contribution in [0.1, 0.15) is 11.1 Å². The molecular formula is C16H20N6S2. The Balaban J connectivity index is 1.66. The van der Waals surface area contributed by atoms with E-state index in [2.05, 4.69) is 39.5 Å². The van der Waals surface area contributed by atoms with Crippen LogP contribution in [0.3, 0.4) is 0 Å². The quantitative estimate of drug-likeness (QED) is 0.681. The maximum Gasteiger partial charge on any atom is 0.209 e. The zero-order chi connectivity index (χ0) is 17.1. The number of nitrogens with one attached hydrogen (secondary N) is 1. The summed E-state index contributed by atoms with van der Waals surface area (Å²) in [7, 11) is 3.96. The average molecular weight is 361 g/mol. The molecule has 0 saturated carbocycles. The maximum absolute atomic E-state index is 5.44. The molecule has 0 amide bonds. The van der Waals surface area contributed by atoms with E-state index in [1.165, 1.54) is 22.5 Å². The van der Waals surface area contributed by atoms with Gasteiger partial charge in [-0.3, -0.25) is 9.58 Å². The number of benzene rings is 1. The van der Waals surface area contributed by atoms with E-state index in [0.29, 0.717) is 6.67 Å². The number of nitrogens with zero attached hydrogens (tertiary/aromatic N) is 5. The molecule has 0 spiro atoms. The molecule has 3 rings (SSSR count). The van der Waals surface area contributed by atoms with E-state index >= 15 is 0 Å². The molecule has 0 atom stereocenters. The van der Waals surface area contributed by atoms with E-state index in [0.717, 1.165) is 21.3 Å². The van der Waals surface area contributed by atoms with Crippen molar-refractivity contribution in [3.8, 4) is 0 Å². The predicted octanol–water partition coefficient (Wildman–Crippen LogP) is 3.55. The van der Waals surface area contributed by atoms with E-state index in [9.17, 15) is 0 Å². The van der Waals surface area contributed by atoms with Crippen LogP contribution in [0.2, 0.25) is 0 Å². The van der Waals surface area contributed by atoms with Crippen LogP contribution in [0.4, 0.5) is 10.8 Å². The lowest BCUT2D eigenvalue weighted by Crippen LogP contribution is -2.22. The third-order valence-corrected chi connectivity index (χ3v) is 4.69. The van der Waals surface area contributed by atoms with Crippen LogP contribution in [-0.4, -0.2) is 31.5 Å². The second-order valence-corrected chi connectivity index (χ2v) is 7.47. The Morgan fingerprint density at radius 1 is 1.38 bits per heavy atom. The van der Waals surface area contributed by atoms with Gasteiger partial charge in [0.1, 0.15) is 0 Å². The van der Waals surface area contributed by atoms with Crippen molar-refractivity contribution in [2.24, 2.45) is 7.05 Å². The van der Waals surface area contributed by atoms with Gasteiger partial charge in [0.15, 0.2) is 3.95 Å². The fraction of sp³-hybridized carbons (Fsp3) is 0.312. The van der Waals surface area contributed by atoms with Crippen LogP contribution in [0.25, 0.3) is 0 Å². The van der Waals surface area contributed by atoms with Gasteiger partial charge in [-0.25, -0.2) is 4.68 Å². The van der Waals surface area contributed by atoms with Crippen LogP contribution in [0.15, 0.2) is 36.7 Å². The molecule has 0 bridgehead atoms. The number of hydrogen-bond acceptors (Lipinski definition) is 6. The van der Waals surface area contributed by atoms with Crippen molar-refractivity contribution in [2.75, 3.05) is 12.4 Å². The van der Waals surface area contributed by atoms with Crippen LogP contribution >= 0.6 is 23.6 Å².